The fourth-order valence-electron chi connectivity index (χ4n) is 1.85. The standard InChI is InChI=1S/C12H15N/c1-10-6-5-9-13-12(10)11-7-3-2-4-8-11/h2-4,7-8,12-13H,1,5-6,9H2/t12-/m1/s1. The molecule has 0 amide bonds. The molecular weight excluding hydrogens is 158 g/mol. The molecule has 1 fully saturated rings. The third kappa shape index (κ3) is 1.81. The predicted octanol–water partition coefficient (Wildman–Crippen LogP) is 2.67. The summed E-state index contributed by atoms with van der Waals surface area (Å²) in [5.41, 5.74) is 2.66. The van der Waals surface area contributed by atoms with Crippen LogP contribution in [0.2, 0.25) is 0 Å². The Bertz CT molecular complexity index is 289. The van der Waals surface area contributed by atoms with Crippen molar-refractivity contribution in [3.05, 3.63) is 48.0 Å². The normalized spacial score (nSPS) is 23.1. The Kier molecular flexibility index (Phi) is 2.46. The van der Waals surface area contributed by atoms with Gasteiger partial charge in [-0.1, -0.05) is 42.5 Å². The average molecular weight is 173 g/mol. The minimum atomic E-state index is 0.384. The van der Waals surface area contributed by atoms with Crippen LogP contribution in [-0.2, 0) is 0 Å². The van der Waals surface area contributed by atoms with Crippen LogP contribution < -0.4 is 5.32 Å². The minimum Gasteiger partial charge on any atom is -0.307 e. The Balaban J connectivity index is 2.20. The van der Waals surface area contributed by atoms with E-state index in [1.165, 1.54) is 17.6 Å². The number of hydrogen-bond donors (Lipinski definition) is 1. The van der Waals surface area contributed by atoms with Gasteiger partial charge in [0.1, 0.15) is 0 Å². The van der Waals surface area contributed by atoms with E-state index in [0.29, 0.717) is 6.04 Å². The van der Waals surface area contributed by atoms with E-state index in [0.717, 1.165) is 13.0 Å². The quantitative estimate of drug-likeness (QED) is 0.644. The van der Waals surface area contributed by atoms with Crippen molar-refractivity contribution < 1.29 is 0 Å². The van der Waals surface area contributed by atoms with Crippen LogP contribution in [0.1, 0.15) is 24.4 Å². The lowest BCUT2D eigenvalue weighted by Crippen LogP contribution is -2.28. The van der Waals surface area contributed by atoms with E-state index in [2.05, 4.69) is 42.2 Å². The summed E-state index contributed by atoms with van der Waals surface area (Å²) in [4.78, 5) is 0. The van der Waals surface area contributed by atoms with Gasteiger partial charge in [-0.2, -0.15) is 0 Å². The van der Waals surface area contributed by atoms with Gasteiger partial charge in [0.25, 0.3) is 0 Å². The molecule has 0 bridgehead atoms. The van der Waals surface area contributed by atoms with Crippen molar-refractivity contribution >= 4 is 0 Å². The number of rotatable bonds is 1. The van der Waals surface area contributed by atoms with E-state index < -0.39 is 0 Å². The summed E-state index contributed by atoms with van der Waals surface area (Å²) < 4.78 is 0. The van der Waals surface area contributed by atoms with E-state index in [4.69, 9.17) is 0 Å². The molecule has 0 aromatic heterocycles. The van der Waals surface area contributed by atoms with Gasteiger partial charge in [0.15, 0.2) is 0 Å². The maximum Gasteiger partial charge on any atom is 0.0533 e. The number of piperidine rings is 1. The molecule has 1 aliphatic rings. The second-order valence-electron chi connectivity index (χ2n) is 3.56. The molecule has 1 nitrogen and oxygen atoms in total. The van der Waals surface area contributed by atoms with Crippen molar-refractivity contribution in [2.45, 2.75) is 18.9 Å². The first kappa shape index (κ1) is 8.52. The topological polar surface area (TPSA) is 12.0 Å². The van der Waals surface area contributed by atoms with Crippen LogP contribution in [0, 0.1) is 0 Å². The van der Waals surface area contributed by atoms with Crippen LogP contribution in [0.15, 0.2) is 42.5 Å². The third-order valence-electron chi connectivity index (χ3n) is 2.56. The second-order valence-corrected chi connectivity index (χ2v) is 3.56. The fraction of sp³-hybridized carbons (Fsp3) is 0.333. The van der Waals surface area contributed by atoms with Crippen LogP contribution in [0.3, 0.4) is 0 Å². The van der Waals surface area contributed by atoms with Gasteiger partial charge in [-0.3, -0.25) is 0 Å². The highest BCUT2D eigenvalue weighted by molar-refractivity contribution is 5.27. The molecule has 1 atom stereocenters. The van der Waals surface area contributed by atoms with Crippen molar-refractivity contribution in [3.8, 4) is 0 Å². The summed E-state index contributed by atoms with van der Waals surface area (Å²) in [6.07, 6.45) is 2.38. The minimum absolute atomic E-state index is 0.384. The lowest BCUT2D eigenvalue weighted by Gasteiger charge is -2.26. The van der Waals surface area contributed by atoms with Gasteiger partial charge in [-0.15, -0.1) is 0 Å². The van der Waals surface area contributed by atoms with Gasteiger partial charge in [0, 0.05) is 0 Å². The molecule has 0 saturated carbocycles. The Morgan fingerprint density at radius 1 is 1.23 bits per heavy atom. The summed E-state index contributed by atoms with van der Waals surface area (Å²) in [5.74, 6) is 0. The molecule has 1 saturated heterocycles. The van der Waals surface area contributed by atoms with Gasteiger partial charge in [0.2, 0.25) is 0 Å². The summed E-state index contributed by atoms with van der Waals surface area (Å²) in [7, 11) is 0. The Labute approximate surface area is 79.5 Å². The first-order chi connectivity index (χ1) is 6.38. The zero-order chi connectivity index (χ0) is 9.10. The molecule has 1 aliphatic heterocycles. The number of hydrogen-bond acceptors (Lipinski definition) is 1. The van der Waals surface area contributed by atoms with Crippen LogP contribution in [0.4, 0.5) is 0 Å². The van der Waals surface area contributed by atoms with E-state index in [1.807, 2.05) is 0 Å². The van der Waals surface area contributed by atoms with Crippen LogP contribution in [0.25, 0.3) is 0 Å². The van der Waals surface area contributed by atoms with E-state index in [1.54, 1.807) is 0 Å². The van der Waals surface area contributed by atoms with E-state index in [9.17, 15) is 0 Å². The van der Waals surface area contributed by atoms with Gasteiger partial charge in [-0.05, 0) is 24.9 Å². The highest BCUT2D eigenvalue weighted by Crippen LogP contribution is 2.26. The second kappa shape index (κ2) is 3.75. The van der Waals surface area contributed by atoms with Crippen molar-refractivity contribution in [2.24, 2.45) is 0 Å². The van der Waals surface area contributed by atoms with E-state index in [-0.39, 0.29) is 0 Å². The maximum absolute atomic E-state index is 4.11. The lowest BCUT2D eigenvalue weighted by atomic mass is 9.93. The SMILES string of the molecule is C=C1CCCN[C@H]1c1ccccc1. The van der Waals surface area contributed by atoms with Gasteiger partial charge in [0.05, 0.1) is 6.04 Å². The Morgan fingerprint density at radius 2 is 2.00 bits per heavy atom. The lowest BCUT2D eigenvalue weighted by molar-refractivity contribution is 0.507. The zero-order valence-corrected chi connectivity index (χ0v) is 7.79. The summed E-state index contributed by atoms with van der Waals surface area (Å²) in [6.45, 7) is 5.22. The molecular formula is C12H15N. The number of benzene rings is 1. The largest absolute Gasteiger partial charge is 0.307 e. The molecule has 1 aromatic rings. The fourth-order valence-corrected chi connectivity index (χ4v) is 1.85. The summed E-state index contributed by atoms with van der Waals surface area (Å²) in [5, 5.41) is 3.49. The summed E-state index contributed by atoms with van der Waals surface area (Å²) >= 11 is 0. The first-order valence-electron chi connectivity index (χ1n) is 4.84. The van der Waals surface area contributed by atoms with Crippen LogP contribution >= 0.6 is 0 Å². The van der Waals surface area contributed by atoms with Crippen molar-refractivity contribution in [1.29, 1.82) is 0 Å². The summed E-state index contributed by atoms with van der Waals surface area (Å²) in [6, 6.07) is 10.9. The average Bonchev–Trinajstić information content (AvgIpc) is 2.20. The molecule has 2 rings (SSSR count). The van der Waals surface area contributed by atoms with Gasteiger partial charge >= 0.3 is 0 Å². The molecule has 0 radical (unpaired) electrons. The maximum atomic E-state index is 4.11. The first-order valence-corrected chi connectivity index (χ1v) is 4.84. The monoisotopic (exact) mass is 173 g/mol. The van der Waals surface area contributed by atoms with E-state index >= 15 is 0 Å². The molecule has 13 heavy (non-hydrogen) atoms. The number of nitrogens with one attached hydrogen (secondary N) is 1. The third-order valence-corrected chi connectivity index (χ3v) is 2.56. The highest BCUT2D eigenvalue weighted by atomic mass is 14.9. The Hall–Kier alpha value is -1.08. The molecule has 1 heterocycles. The van der Waals surface area contributed by atoms with Gasteiger partial charge < -0.3 is 5.32 Å². The van der Waals surface area contributed by atoms with Crippen LogP contribution in [0.5, 0.6) is 0 Å². The molecule has 0 spiro atoms. The van der Waals surface area contributed by atoms with Crippen LogP contribution in [-0.4, -0.2) is 6.54 Å². The smallest absolute Gasteiger partial charge is 0.0533 e. The molecule has 1 aromatic carbocycles. The van der Waals surface area contributed by atoms with Crippen molar-refractivity contribution in [1.82, 2.24) is 5.32 Å². The molecule has 0 unspecified atom stereocenters. The van der Waals surface area contributed by atoms with Crippen molar-refractivity contribution in [3.63, 3.8) is 0 Å². The molecule has 1 N–H and O–H groups in total. The predicted molar refractivity (Wildman–Crippen MR) is 55.6 cm³/mol. The molecule has 68 valence electrons. The molecule has 0 aliphatic carbocycles. The zero-order valence-electron chi connectivity index (χ0n) is 7.79. The highest BCUT2D eigenvalue weighted by Gasteiger charge is 2.17. The molecule has 1 heteroatoms. The van der Waals surface area contributed by atoms with Crippen molar-refractivity contribution in [2.75, 3.05) is 6.54 Å². The Morgan fingerprint density at radius 3 is 2.69 bits per heavy atom. The van der Waals surface area contributed by atoms with Gasteiger partial charge in [-0.25, -0.2) is 0 Å².